The van der Waals surface area contributed by atoms with E-state index in [9.17, 15) is 8.42 Å². The van der Waals surface area contributed by atoms with Crippen LogP contribution < -0.4 is 10.5 Å². The average Bonchev–Trinajstić information content (AvgIpc) is 3.25. The number of halogens is 1. The van der Waals surface area contributed by atoms with Gasteiger partial charge in [-0.3, -0.25) is 0 Å². The van der Waals surface area contributed by atoms with Crippen molar-refractivity contribution in [3.63, 3.8) is 0 Å². The van der Waals surface area contributed by atoms with Crippen LogP contribution in [0, 0.1) is 0 Å². The highest BCUT2D eigenvalue weighted by Gasteiger charge is 2.29. The third-order valence-electron chi connectivity index (χ3n) is 3.11. The Bertz CT molecular complexity index is 726. The van der Waals surface area contributed by atoms with Gasteiger partial charge in [0, 0.05) is 16.7 Å². The first-order chi connectivity index (χ1) is 10.0. The van der Waals surface area contributed by atoms with Crippen LogP contribution in [0.1, 0.15) is 0 Å². The molecule has 4 nitrogen and oxygen atoms in total. The second-order valence-electron chi connectivity index (χ2n) is 4.88. The molecule has 0 aliphatic carbocycles. The standard InChI is InChI=1S/C15H15NO3S2.ClH/c16-11-1-3-12(4-2-11)19-13-5-7-15(8-6-13)21(17,18)10-14-9-20-14;/h1-8,14H,9-10,16H2;1H/t14-;/m0./s1. The van der Waals surface area contributed by atoms with Gasteiger partial charge in [0.15, 0.2) is 9.84 Å². The molecule has 7 heteroatoms. The third kappa shape index (κ3) is 4.32. The average molecular weight is 358 g/mol. The highest BCUT2D eigenvalue weighted by Crippen LogP contribution is 2.33. The van der Waals surface area contributed by atoms with Crippen molar-refractivity contribution in [2.24, 2.45) is 0 Å². The topological polar surface area (TPSA) is 69.4 Å². The molecule has 0 aromatic heterocycles. The summed E-state index contributed by atoms with van der Waals surface area (Å²) < 4.78 is 29.9. The largest absolute Gasteiger partial charge is 0.457 e. The normalized spacial score (nSPS) is 16.6. The summed E-state index contributed by atoms with van der Waals surface area (Å²) in [4.78, 5) is 0.347. The molecule has 22 heavy (non-hydrogen) atoms. The lowest BCUT2D eigenvalue weighted by Gasteiger charge is -2.07. The second-order valence-corrected chi connectivity index (χ2v) is 8.25. The Morgan fingerprint density at radius 1 is 1.05 bits per heavy atom. The minimum absolute atomic E-state index is 0. The molecule has 1 fully saturated rings. The number of sulfone groups is 1. The zero-order valence-corrected chi connectivity index (χ0v) is 14.1. The van der Waals surface area contributed by atoms with Crippen molar-refractivity contribution in [2.75, 3.05) is 17.2 Å². The van der Waals surface area contributed by atoms with E-state index in [1.54, 1.807) is 60.3 Å². The summed E-state index contributed by atoms with van der Waals surface area (Å²) >= 11 is 1.68. The minimum Gasteiger partial charge on any atom is -0.457 e. The predicted octanol–water partition coefficient (Wildman–Crippen LogP) is 3.37. The van der Waals surface area contributed by atoms with E-state index in [1.165, 1.54) is 0 Å². The van der Waals surface area contributed by atoms with Gasteiger partial charge in [-0.25, -0.2) is 8.42 Å². The number of hydrogen-bond acceptors (Lipinski definition) is 5. The van der Waals surface area contributed by atoms with Gasteiger partial charge in [-0.05, 0) is 48.5 Å². The highest BCUT2D eigenvalue weighted by atomic mass is 35.5. The summed E-state index contributed by atoms with van der Waals surface area (Å²) in [5.74, 6) is 2.42. The number of hydrogen-bond donors (Lipinski definition) is 1. The zero-order chi connectivity index (χ0) is 14.9. The smallest absolute Gasteiger partial charge is 0.179 e. The van der Waals surface area contributed by atoms with E-state index in [-0.39, 0.29) is 23.4 Å². The van der Waals surface area contributed by atoms with Gasteiger partial charge in [0.2, 0.25) is 0 Å². The Kier molecular flexibility index (Phi) is 5.26. The van der Waals surface area contributed by atoms with Crippen molar-refractivity contribution in [3.05, 3.63) is 48.5 Å². The van der Waals surface area contributed by atoms with Crippen LogP contribution in [-0.4, -0.2) is 25.2 Å². The van der Waals surface area contributed by atoms with Gasteiger partial charge in [0.25, 0.3) is 0 Å². The molecule has 2 aromatic rings. The lowest BCUT2D eigenvalue weighted by molar-refractivity contribution is 0.482. The van der Waals surface area contributed by atoms with Gasteiger partial charge < -0.3 is 10.5 Å². The van der Waals surface area contributed by atoms with Crippen molar-refractivity contribution in [1.82, 2.24) is 0 Å². The van der Waals surface area contributed by atoms with Crippen LogP contribution in [0.25, 0.3) is 0 Å². The number of nitrogens with two attached hydrogens (primary N) is 1. The lowest BCUT2D eigenvalue weighted by atomic mass is 10.3. The number of thioether (sulfide) groups is 1. The van der Waals surface area contributed by atoms with Crippen LogP contribution in [0.15, 0.2) is 53.4 Å². The van der Waals surface area contributed by atoms with Crippen LogP contribution in [0.5, 0.6) is 11.5 Å². The fraction of sp³-hybridized carbons (Fsp3) is 0.200. The molecule has 1 aliphatic heterocycles. The number of rotatable bonds is 5. The molecule has 0 spiro atoms. The van der Waals surface area contributed by atoms with Crippen molar-refractivity contribution >= 4 is 39.7 Å². The van der Waals surface area contributed by atoms with Gasteiger partial charge in [0.1, 0.15) is 11.5 Å². The van der Waals surface area contributed by atoms with E-state index < -0.39 is 9.84 Å². The molecule has 1 aliphatic rings. The number of nitrogen functional groups attached to an aromatic ring is 1. The molecular weight excluding hydrogens is 342 g/mol. The molecular formula is C15H16ClNO3S2. The zero-order valence-electron chi connectivity index (χ0n) is 11.6. The SMILES string of the molecule is Cl.Nc1ccc(Oc2ccc(S(=O)(=O)C[C@@H]3CS3)cc2)cc1. The van der Waals surface area contributed by atoms with Gasteiger partial charge in [-0.2, -0.15) is 11.8 Å². The molecule has 1 saturated heterocycles. The van der Waals surface area contributed by atoms with Crippen LogP contribution in [0.2, 0.25) is 0 Å². The molecule has 0 saturated carbocycles. The van der Waals surface area contributed by atoms with Crippen molar-refractivity contribution < 1.29 is 13.2 Å². The Hall–Kier alpha value is -1.37. The summed E-state index contributed by atoms with van der Waals surface area (Å²) in [5, 5.41) is 0.265. The molecule has 0 amide bonds. The van der Waals surface area contributed by atoms with E-state index in [0.717, 1.165) is 5.75 Å². The first-order valence-electron chi connectivity index (χ1n) is 6.51. The quantitative estimate of drug-likeness (QED) is 0.656. The lowest BCUT2D eigenvalue weighted by Crippen LogP contribution is -2.10. The molecule has 118 valence electrons. The van der Waals surface area contributed by atoms with Crippen LogP contribution in [0.4, 0.5) is 5.69 Å². The third-order valence-corrected chi connectivity index (χ3v) is 6.12. The van der Waals surface area contributed by atoms with Crippen LogP contribution >= 0.6 is 24.2 Å². The minimum atomic E-state index is -3.19. The number of ether oxygens (including phenoxy) is 1. The molecule has 0 radical (unpaired) electrons. The molecule has 1 atom stereocenters. The Morgan fingerprint density at radius 2 is 1.55 bits per heavy atom. The van der Waals surface area contributed by atoms with Crippen LogP contribution in [-0.2, 0) is 9.84 Å². The molecule has 2 N–H and O–H groups in total. The Balaban J connectivity index is 0.00000176. The van der Waals surface area contributed by atoms with Crippen molar-refractivity contribution in [2.45, 2.75) is 10.1 Å². The van der Waals surface area contributed by atoms with Crippen molar-refractivity contribution in [1.29, 1.82) is 0 Å². The first-order valence-corrected chi connectivity index (χ1v) is 9.21. The molecule has 0 bridgehead atoms. The Labute approximate surface area is 140 Å². The van der Waals surface area contributed by atoms with E-state index in [2.05, 4.69) is 0 Å². The maximum absolute atomic E-state index is 12.1. The summed E-state index contributed by atoms with van der Waals surface area (Å²) in [6.45, 7) is 0. The van der Waals surface area contributed by atoms with E-state index in [1.807, 2.05) is 0 Å². The summed E-state index contributed by atoms with van der Waals surface area (Å²) in [6.07, 6.45) is 0. The van der Waals surface area contributed by atoms with Gasteiger partial charge >= 0.3 is 0 Å². The van der Waals surface area contributed by atoms with Gasteiger partial charge in [0.05, 0.1) is 10.6 Å². The Morgan fingerprint density at radius 3 is 2.05 bits per heavy atom. The van der Waals surface area contributed by atoms with E-state index in [4.69, 9.17) is 10.5 Å². The van der Waals surface area contributed by atoms with Gasteiger partial charge in [-0.1, -0.05) is 0 Å². The number of anilines is 1. The number of benzene rings is 2. The summed E-state index contributed by atoms with van der Waals surface area (Å²) in [6, 6.07) is 13.6. The van der Waals surface area contributed by atoms with Crippen LogP contribution in [0.3, 0.4) is 0 Å². The van der Waals surface area contributed by atoms with Crippen molar-refractivity contribution in [3.8, 4) is 11.5 Å². The first kappa shape index (κ1) is 17.0. The molecule has 2 aromatic carbocycles. The molecule has 1 heterocycles. The summed E-state index contributed by atoms with van der Waals surface area (Å²) in [5.41, 5.74) is 6.28. The van der Waals surface area contributed by atoms with Gasteiger partial charge in [-0.15, -0.1) is 12.4 Å². The molecule has 3 rings (SSSR count). The fourth-order valence-corrected chi connectivity index (χ4v) is 4.57. The monoisotopic (exact) mass is 357 g/mol. The highest BCUT2D eigenvalue weighted by molar-refractivity contribution is 8.08. The van der Waals surface area contributed by atoms with E-state index >= 15 is 0 Å². The maximum Gasteiger partial charge on any atom is 0.179 e. The predicted molar refractivity (Wildman–Crippen MR) is 92.9 cm³/mol. The summed E-state index contributed by atoms with van der Waals surface area (Å²) in [7, 11) is -3.19. The molecule has 0 unspecified atom stereocenters. The van der Waals surface area contributed by atoms with E-state index in [0.29, 0.717) is 22.1 Å². The fourth-order valence-electron chi connectivity index (χ4n) is 1.89. The second kappa shape index (κ2) is 6.81. The maximum atomic E-state index is 12.1.